The molecule has 1 aliphatic rings. The van der Waals surface area contributed by atoms with Crippen molar-refractivity contribution < 1.29 is 9.53 Å². The minimum Gasteiger partial charge on any atom is -0.483 e. The first-order chi connectivity index (χ1) is 15.6. The second-order valence-electron chi connectivity index (χ2n) is 10.2. The first-order valence-corrected chi connectivity index (χ1v) is 11.6. The quantitative estimate of drug-likeness (QED) is 0.451. The van der Waals surface area contributed by atoms with Crippen molar-refractivity contribution in [2.75, 3.05) is 5.32 Å². The van der Waals surface area contributed by atoms with Gasteiger partial charge in [0.2, 0.25) is 0 Å². The van der Waals surface area contributed by atoms with E-state index in [-0.39, 0.29) is 16.9 Å². The summed E-state index contributed by atoms with van der Waals surface area (Å²) in [5, 5.41) is 3.07. The van der Waals surface area contributed by atoms with E-state index in [4.69, 9.17) is 4.74 Å². The molecule has 0 saturated heterocycles. The number of benzene rings is 3. The summed E-state index contributed by atoms with van der Waals surface area (Å²) in [6, 6.07) is 22.4. The Labute approximate surface area is 197 Å². The zero-order valence-electron chi connectivity index (χ0n) is 20.2. The van der Waals surface area contributed by atoms with Crippen molar-refractivity contribution in [3.63, 3.8) is 0 Å². The SMILES string of the molecule is Cc1cc2c(cc1NC(=O)c1ccc(C(C)(C)C)cc1)C=CC(C)(CCc1ccccc1)O2. The summed E-state index contributed by atoms with van der Waals surface area (Å²) in [6.07, 6.45) is 6.09. The van der Waals surface area contributed by atoms with E-state index in [9.17, 15) is 4.79 Å². The summed E-state index contributed by atoms with van der Waals surface area (Å²) in [7, 11) is 0. The highest BCUT2D eigenvalue weighted by Gasteiger charge is 2.28. The molecule has 1 amide bonds. The summed E-state index contributed by atoms with van der Waals surface area (Å²) in [5.74, 6) is 0.755. The van der Waals surface area contributed by atoms with Crippen molar-refractivity contribution in [2.45, 2.75) is 58.5 Å². The Kier molecular flexibility index (Phi) is 6.16. The van der Waals surface area contributed by atoms with E-state index < -0.39 is 0 Å². The Morgan fingerprint density at radius 2 is 1.70 bits per heavy atom. The Hall–Kier alpha value is -3.33. The standard InChI is InChI=1S/C30H33NO2/c1-21-19-27-24(16-18-30(5,33-27)17-15-22-9-7-6-8-10-22)20-26(21)31-28(32)23-11-13-25(14-12-23)29(2,3)4/h6-14,16,18-20H,15,17H2,1-5H3,(H,31,32). The molecular weight excluding hydrogens is 406 g/mol. The van der Waals surface area contributed by atoms with Gasteiger partial charge in [0.05, 0.1) is 0 Å². The van der Waals surface area contributed by atoms with Gasteiger partial charge in [0.1, 0.15) is 11.4 Å². The fraction of sp³-hybridized carbons (Fsp3) is 0.300. The van der Waals surface area contributed by atoms with Crippen molar-refractivity contribution in [1.29, 1.82) is 0 Å². The topological polar surface area (TPSA) is 38.3 Å². The lowest BCUT2D eigenvalue weighted by atomic mass is 9.86. The number of anilines is 1. The molecule has 0 saturated carbocycles. The molecule has 170 valence electrons. The zero-order valence-corrected chi connectivity index (χ0v) is 20.2. The molecular formula is C30H33NO2. The Morgan fingerprint density at radius 3 is 2.36 bits per heavy atom. The Morgan fingerprint density at radius 1 is 1.00 bits per heavy atom. The predicted molar refractivity (Wildman–Crippen MR) is 137 cm³/mol. The molecule has 0 spiro atoms. The summed E-state index contributed by atoms with van der Waals surface area (Å²) < 4.78 is 6.41. The third-order valence-corrected chi connectivity index (χ3v) is 6.33. The first kappa shape index (κ1) is 22.8. The molecule has 3 aromatic rings. The molecule has 0 radical (unpaired) electrons. The molecule has 0 bridgehead atoms. The van der Waals surface area contributed by atoms with Gasteiger partial charge >= 0.3 is 0 Å². The van der Waals surface area contributed by atoms with E-state index in [1.54, 1.807) is 0 Å². The van der Waals surface area contributed by atoms with Crippen LogP contribution in [0.4, 0.5) is 5.69 Å². The van der Waals surface area contributed by atoms with Crippen LogP contribution in [-0.2, 0) is 11.8 Å². The molecule has 0 fully saturated rings. The van der Waals surface area contributed by atoms with E-state index >= 15 is 0 Å². The smallest absolute Gasteiger partial charge is 0.255 e. The van der Waals surface area contributed by atoms with Crippen LogP contribution in [0.1, 0.15) is 66.7 Å². The average molecular weight is 440 g/mol. The van der Waals surface area contributed by atoms with Crippen LogP contribution in [-0.4, -0.2) is 11.5 Å². The highest BCUT2D eigenvalue weighted by molar-refractivity contribution is 6.05. The third-order valence-electron chi connectivity index (χ3n) is 6.33. The summed E-state index contributed by atoms with van der Waals surface area (Å²) in [4.78, 5) is 12.9. The number of nitrogens with one attached hydrogen (secondary N) is 1. The molecule has 1 heterocycles. The minimum atomic E-state index is -0.352. The summed E-state index contributed by atoms with van der Waals surface area (Å²) in [5.41, 5.74) is 5.65. The number of aryl methyl sites for hydroxylation is 2. The van der Waals surface area contributed by atoms with Gasteiger partial charge in [0.25, 0.3) is 5.91 Å². The molecule has 3 aromatic carbocycles. The van der Waals surface area contributed by atoms with Crippen molar-refractivity contribution >= 4 is 17.7 Å². The number of ether oxygens (including phenoxy) is 1. The second-order valence-corrected chi connectivity index (χ2v) is 10.2. The van der Waals surface area contributed by atoms with Crippen molar-refractivity contribution in [2.24, 2.45) is 0 Å². The molecule has 0 aliphatic carbocycles. The van der Waals surface area contributed by atoms with Crippen molar-refractivity contribution in [1.82, 2.24) is 0 Å². The molecule has 1 N–H and O–H groups in total. The van der Waals surface area contributed by atoms with Gasteiger partial charge in [-0.25, -0.2) is 0 Å². The lowest BCUT2D eigenvalue weighted by Gasteiger charge is -2.32. The fourth-order valence-electron chi connectivity index (χ4n) is 4.09. The van der Waals surface area contributed by atoms with Gasteiger partial charge in [0, 0.05) is 16.8 Å². The first-order valence-electron chi connectivity index (χ1n) is 11.6. The number of rotatable bonds is 5. The van der Waals surface area contributed by atoms with Crippen LogP contribution < -0.4 is 10.1 Å². The summed E-state index contributed by atoms with van der Waals surface area (Å²) >= 11 is 0. The van der Waals surface area contributed by atoms with E-state index in [2.05, 4.69) is 69.4 Å². The number of fused-ring (bicyclic) bond motifs is 1. The maximum atomic E-state index is 12.9. The highest BCUT2D eigenvalue weighted by Crippen LogP contribution is 2.37. The number of amides is 1. The number of carbonyl (C=O) groups excluding carboxylic acids is 1. The lowest BCUT2D eigenvalue weighted by molar-refractivity contribution is 0.102. The summed E-state index contributed by atoms with van der Waals surface area (Å²) in [6.45, 7) is 10.6. The van der Waals surface area contributed by atoms with Crippen LogP contribution >= 0.6 is 0 Å². The van der Waals surface area contributed by atoms with Crippen LogP contribution in [0.2, 0.25) is 0 Å². The molecule has 1 unspecified atom stereocenters. The van der Waals surface area contributed by atoms with Gasteiger partial charge in [-0.05, 0) is 79.1 Å². The average Bonchev–Trinajstić information content (AvgIpc) is 2.79. The van der Waals surface area contributed by atoms with Crippen LogP contribution in [0.5, 0.6) is 5.75 Å². The van der Waals surface area contributed by atoms with E-state index in [0.717, 1.165) is 35.4 Å². The molecule has 3 nitrogen and oxygen atoms in total. The molecule has 1 atom stereocenters. The minimum absolute atomic E-state index is 0.0615. The molecule has 0 aromatic heterocycles. The second kappa shape index (κ2) is 8.90. The number of carbonyl (C=O) groups is 1. The van der Waals surface area contributed by atoms with Crippen molar-refractivity contribution in [3.05, 3.63) is 101 Å². The van der Waals surface area contributed by atoms with E-state index in [0.29, 0.717) is 5.56 Å². The third kappa shape index (κ3) is 5.36. The maximum Gasteiger partial charge on any atom is 0.255 e. The van der Waals surface area contributed by atoms with Gasteiger partial charge in [-0.3, -0.25) is 4.79 Å². The lowest BCUT2D eigenvalue weighted by Crippen LogP contribution is -2.32. The Bertz CT molecular complexity index is 1170. The monoisotopic (exact) mass is 439 g/mol. The predicted octanol–water partition coefficient (Wildman–Crippen LogP) is 7.34. The van der Waals surface area contributed by atoms with Gasteiger partial charge in [-0.15, -0.1) is 0 Å². The molecule has 4 rings (SSSR count). The molecule has 3 heteroatoms. The van der Waals surface area contributed by atoms with Crippen LogP contribution in [0.25, 0.3) is 6.08 Å². The molecule has 33 heavy (non-hydrogen) atoms. The normalized spacial score (nSPS) is 17.2. The van der Waals surface area contributed by atoms with E-state index in [1.165, 1.54) is 11.1 Å². The van der Waals surface area contributed by atoms with Crippen LogP contribution in [0.3, 0.4) is 0 Å². The van der Waals surface area contributed by atoms with Crippen molar-refractivity contribution in [3.8, 4) is 5.75 Å². The largest absolute Gasteiger partial charge is 0.483 e. The van der Waals surface area contributed by atoms with Crippen LogP contribution in [0, 0.1) is 6.92 Å². The van der Waals surface area contributed by atoms with Crippen LogP contribution in [0.15, 0.2) is 72.8 Å². The van der Waals surface area contributed by atoms with Gasteiger partial charge < -0.3 is 10.1 Å². The maximum absolute atomic E-state index is 12.9. The fourth-order valence-corrected chi connectivity index (χ4v) is 4.09. The highest BCUT2D eigenvalue weighted by atomic mass is 16.5. The van der Waals surface area contributed by atoms with Gasteiger partial charge in [-0.1, -0.05) is 69.3 Å². The van der Waals surface area contributed by atoms with Gasteiger partial charge in [0.15, 0.2) is 0 Å². The Balaban J connectivity index is 1.47. The van der Waals surface area contributed by atoms with Gasteiger partial charge in [-0.2, -0.15) is 0 Å². The van der Waals surface area contributed by atoms with E-state index in [1.807, 2.05) is 49.4 Å². The number of hydrogen-bond donors (Lipinski definition) is 1. The molecule has 1 aliphatic heterocycles. The number of hydrogen-bond acceptors (Lipinski definition) is 2. The zero-order chi connectivity index (χ0) is 23.6.